The van der Waals surface area contributed by atoms with E-state index in [9.17, 15) is 14.4 Å². The lowest BCUT2D eigenvalue weighted by molar-refractivity contribution is -0.140. The third-order valence-electron chi connectivity index (χ3n) is 4.28. The monoisotopic (exact) mass is 365 g/mol. The van der Waals surface area contributed by atoms with Crippen LogP contribution >= 0.6 is 0 Å². The fourth-order valence-electron chi connectivity index (χ4n) is 3.12. The Morgan fingerprint density at radius 1 is 1.15 bits per heavy atom. The minimum absolute atomic E-state index is 0.0600. The Bertz CT molecular complexity index is 909. The van der Waals surface area contributed by atoms with Crippen molar-refractivity contribution in [3.63, 3.8) is 0 Å². The number of nitrogens with zero attached hydrogens (tertiary/aromatic N) is 1. The van der Waals surface area contributed by atoms with Crippen LogP contribution in [0.1, 0.15) is 29.9 Å². The highest BCUT2D eigenvalue weighted by atomic mass is 16.5. The van der Waals surface area contributed by atoms with Gasteiger partial charge in [0.1, 0.15) is 5.69 Å². The summed E-state index contributed by atoms with van der Waals surface area (Å²) in [4.78, 5) is 42.5. The molecule has 7 nitrogen and oxygen atoms in total. The van der Waals surface area contributed by atoms with E-state index in [1.807, 2.05) is 0 Å². The van der Waals surface area contributed by atoms with Crippen molar-refractivity contribution >= 4 is 17.8 Å². The molecule has 7 heteroatoms. The van der Waals surface area contributed by atoms with Gasteiger partial charge in [0.25, 0.3) is 11.8 Å². The Balaban J connectivity index is 2.15. The molecule has 0 fully saturated rings. The highest BCUT2D eigenvalue weighted by molar-refractivity contribution is 6.11. The van der Waals surface area contributed by atoms with Crippen LogP contribution in [0.25, 0.3) is 0 Å². The first-order valence-electron chi connectivity index (χ1n) is 8.49. The van der Waals surface area contributed by atoms with Crippen molar-refractivity contribution in [2.24, 2.45) is 0 Å². The van der Waals surface area contributed by atoms with E-state index in [2.05, 4.69) is 15.6 Å². The summed E-state index contributed by atoms with van der Waals surface area (Å²) in [6.07, 6.45) is 1.48. The number of carbonyl (C=O) groups is 3. The van der Waals surface area contributed by atoms with E-state index in [0.717, 1.165) is 0 Å². The molecular weight excluding hydrogens is 346 g/mol. The largest absolute Gasteiger partial charge is 0.462 e. The second kappa shape index (κ2) is 7.41. The predicted octanol–water partition coefficient (Wildman–Crippen LogP) is 1.67. The summed E-state index contributed by atoms with van der Waals surface area (Å²) in [5.74, 6) is -1.77. The molecule has 0 aliphatic carbocycles. The standard InChI is InChI=1S/C20H19N3O4/c1-3-27-18(25)16-13(2)22-19(26)20(16,14-9-5-4-6-10-14)23-17(24)15-11-7-8-12-21-15/h4-12H,3H2,1-2H3,(H,22,26)(H,23,24). The van der Waals surface area contributed by atoms with Gasteiger partial charge in [-0.1, -0.05) is 36.4 Å². The lowest BCUT2D eigenvalue weighted by Crippen LogP contribution is -2.54. The molecule has 1 aromatic carbocycles. The van der Waals surface area contributed by atoms with Gasteiger partial charge in [-0.05, 0) is 31.5 Å². The quantitative estimate of drug-likeness (QED) is 0.786. The topological polar surface area (TPSA) is 97.4 Å². The van der Waals surface area contributed by atoms with Crippen LogP contribution < -0.4 is 10.6 Å². The highest BCUT2D eigenvalue weighted by Crippen LogP contribution is 2.37. The molecule has 1 unspecified atom stereocenters. The summed E-state index contributed by atoms with van der Waals surface area (Å²) in [5.41, 5.74) is -0.722. The second-order valence-corrected chi connectivity index (χ2v) is 5.96. The van der Waals surface area contributed by atoms with E-state index in [4.69, 9.17) is 4.74 Å². The summed E-state index contributed by atoms with van der Waals surface area (Å²) in [7, 11) is 0. The zero-order valence-corrected chi connectivity index (χ0v) is 15.0. The number of amides is 2. The molecule has 0 spiro atoms. The molecule has 3 rings (SSSR count). The molecule has 0 radical (unpaired) electrons. The molecule has 1 atom stereocenters. The summed E-state index contributed by atoms with van der Waals surface area (Å²) >= 11 is 0. The molecule has 0 saturated carbocycles. The summed E-state index contributed by atoms with van der Waals surface area (Å²) < 4.78 is 5.15. The SMILES string of the molecule is CCOC(=O)C1=C(C)NC(=O)C1(NC(=O)c1ccccn1)c1ccccc1. The van der Waals surface area contributed by atoms with Gasteiger partial charge in [-0.3, -0.25) is 14.6 Å². The molecule has 2 aromatic rings. The Kier molecular flexibility index (Phi) is 5.03. The number of hydrogen-bond acceptors (Lipinski definition) is 5. The summed E-state index contributed by atoms with van der Waals surface area (Å²) in [6.45, 7) is 3.42. The smallest absolute Gasteiger partial charge is 0.339 e. The highest BCUT2D eigenvalue weighted by Gasteiger charge is 2.54. The third kappa shape index (κ3) is 3.19. The van der Waals surface area contributed by atoms with Crippen LogP contribution in [0.15, 0.2) is 66.0 Å². The Morgan fingerprint density at radius 2 is 1.85 bits per heavy atom. The van der Waals surface area contributed by atoms with Gasteiger partial charge < -0.3 is 15.4 Å². The van der Waals surface area contributed by atoms with Crippen LogP contribution in [0.3, 0.4) is 0 Å². The van der Waals surface area contributed by atoms with Gasteiger partial charge >= 0.3 is 5.97 Å². The van der Waals surface area contributed by atoms with Gasteiger partial charge in [0.15, 0.2) is 5.54 Å². The molecule has 0 saturated heterocycles. The van der Waals surface area contributed by atoms with Crippen molar-refractivity contribution in [2.45, 2.75) is 19.4 Å². The molecule has 1 aliphatic rings. The first kappa shape index (κ1) is 18.3. The van der Waals surface area contributed by atoms with Crippen LogP contribution in [0.5, 0.6) is 0 Å². The number of ether oxygens (including phenoxy) is 1. The van der Waals surface area contributed by atoms with Crippen LogP contribution in [-0.2, 0) is 19.9 Å². The maximum atomic E-state index is 13.0. The molecule has 2 N–H and O–H groups in total. The van der Waals surface area contributed by atoms with E-state index in [-0.39, 0.29) is 17.9 Å². The van der Waals surface area contributed by atoms with Crippen LogP contribution in [-0.4, -0.2) is 29.4 Å². The number of nitrogens with one attached hydrogen (secondary N) is 2. The normalized spacial score (nSPS) is 18.8. The molecule has 1 aromatic heterocycles. The molecular formula is C20H19N3O4. The fraction of sp³-hybridized carbons (Fsp3) is 0.200. The van der Waals surface area contributed by atoms with Gasteiger partial charge in [-0.15, -0.1) is 0 Å². The molecule has 138 valence electrons. The number of pyridine rings is 1. The number of hydrogen-bond donors (Lipinski definition) is 2. The molecule has 2 amide bonds. The summed E-state index contributed by atoms with van der Waals surface area (Å²) in [5, 5.41) is 5.38. The summed E-state index contributed by atoms with van der Waals surface area (Å²) in [6, 6.07) is 13.5. The van der Waals surface area contributed by atoms with Crippen LogP contribution in [0.4, 0.5) is 0 Å². The molecule has 1 aliphatic heterocycles. The van der Waals surface area contributed by atoms with E-state index < -0.39 is 23.3 Å². The molecule has 0 bridgehead atoms. The maximum absolute atomic E-state index is 13.0. The van der Waals surface area contributed by atoms with Crippen molar-refractivity contribution in [3.8, 4) is 0 Å². The second-order valence-electron chi connectivity index (χ2n) is 5.96. The first-order chi connectivity index (χ1) is 13.0. The number of esters is 1. The van der Waals surface area contributed by atoms with Crippen molar-refractivity contribution < 1.29 is 19.1 Å². The maximum Gasteiger partial charge on any atom is 0.339 e. The van der Waals surface area contributed by atoms with E-state index in [1.165, 1.54) is 12.3 Å². The molecule has 2 heterocycles. The van der Waals surface area contributed by atoms with Crippen LogP contribution in [0, 0.1) is 0 Å². The van der Waals surface area contributed by atoms with Gasteiger partial charge in [-0.25, -0.2) is 4.79 Å². The Hall–Kier alpha value is -3.48. The van der Waals surface area contributed by atoms with Crippen molar-refractivity contribution in [1.29, 1.82) is 0 Å². The fourth-order valence-corrected chi connectivity index (χ4v) is 3.12. The Morgan fingerprint density at radius 3 is 2.48 bits per heavy atom. The number of benzene rings is 1. The van der Waals surface area contributed by atoms with E-state index >= 15 is 0 Å². The van der Waals surface area contributed by atoms with Crippen molar-refractivity contribution in [2.75, 3.05) is 6.61 Å². The number of aromatic nitrogens is 1. The van der Waals surface area contributed by atoms with Crippen molar-refractivity contribution in [3.05, 3.63) is 77.3 Å². The van der Waals surface area contributed by atoms with Crippen molar-refractivity contribution in [1.82, 2.24) is 15.6 Å². The van der Waals surface area contributed by atoms with Gasteiger partial charge in [0.05, 0.1) is 12.2 Å². The number of allylic oxidation sites excluding steroid dienone is 1. The lowest BCUT2D eigenvalue weighted by Gasteiger charge is -2.30. The Labute approximate surface area is 156 Å². The first-order valence-corrected chi connectivity index (χ1v) is 8.49. The lowest BCUT2D eigenvalue weighted by atomic mass is 9.82. The van der Waals surface area contributed by atoms with E-state index in [0.29, 0.717) is 11.3 Å². The average Bonchev–Trinajstić information content (AvgIpc) is 2.93. The zero-order valence-electron chi connectivity index (χ0n) is 15.0. The molecule has 27 heavy (non-hydrogen) atoms. The third-order valence-corrected chi connectivity index (χ3v) is 4.28. The number of rotatable bonds is 5. The van der Waals surface area contributed by atoms with Gasteiger partial charge in [0.2, 0.25) is 0 Å². The van der Waals surface area contributed by atoms with E-state index in [1.54, 1.807) is 56.3 Å². The van der Waals surface area contributed by atoms with Gasteiger partial charge in [0, 0.05) is 11.9 Å². The zero-order chi connectivity index (χ0) is 19.4. The van der Waals surface area contributed by atoms with Crippen LogP contribution in [0.2, 0.25) is 0 Å². The minimum atomic E-state index is -1.70. The predicted molar refractivity (Wildman–Crippen MR) is 97.3 cm³/mol. The van der Waals surface area contributed by atoms with Gasteiger partial charge in [-0.2, -0.15) is 0 Å². The minimum Gasteiger partial charge on any atom is -0.462 e. The average molecular weight is 365 g/mol. The number of carbonyl (C=O) groups excluding carboxylic acids is 3.